The predicted molar refractivity (Wildman–Crippen MR) is 118 cm³/mol. The molecule has 4 aromatic rings. The number of benzene rings is 2. The first kappa shape index (κ1) is 20.3. The summed E-state index contributed by atoms with van der Waals surface area (Å²) < 4.78 is 7.94. The number of hydrogen-bond acceptors (Lipinski definition) is 6. The molecule has 0 saturated heterocycles. The lowest BCUT2D eigenvalue weighted by Gasteiger charge is -2.13. The van der Waals surface area contributed by atoms with Crippen molar-refractivity contribution in [2.24, 2.45) is 12.8 Å². The maximum atomic E-state index is 9.38. The van der Waals surface area contributed by atoms with Crippen LogP contribution in [0.15, 0.2) is 60.8 Å². The van der Waals surface area contributed by atoms with Crippen LogP contribution in [0, 0.1) is 18.3 Å². The second kappa shape index (κ2) is 8.78. The number of aryl methyl sites for hydroxylation is 2. The number of nitrogens with zero attached hydrogens (tertiary/aromatic N) is 5. The normalized spacial score (nSPS) is 10.6. The molecule has 0 aliphatic rings. The summed E-state index contributed by atoms with van der Waals surface area (Å²) in [6, 6.07) is 19.4. The molecule has 0 bridgehead atoms. The number of rotatable bonds is 6. The number of aromatic nitrogens is 4. The van der Waals surface area contributed by atoms with E-state index in [-0.39, 0.29) is 0 Å². The molecule has 0 spiro atoms. The van der Waals surface area contributed by atoms with Gasteiger partial charge >= 0.3 is 0 Å². The van der Waals surface area contributed by atoms with Crippen LogP contribution in [0.25, 0.3) is 22.5 Å². The van der Waals surface area contributed by atoms with Gasteiger partial charge in [0.15, 0.2) is 0 Å². The Labute approximate surface area is 180 Å². The van der Waals surface area contributed by atoms with E-state index < -0.39 is 0 Å². The van der Waals surface area contributed by atoms with E-state index in [9.17, 15) is 5.26 Å². The van der Waals surface area contributed by atoms with Crippen LogP contribution in [0.4, 0.5) is 0 Å². The molecule has 0 aliphatic heterocycles. The molecule has 154 valence electrons. The van der Waals surface area contributed by atoms with Gasteiger partial charge in [0.25, 0.3) is 0 Å². The molecule has 0 fully saturated rings. The van der Waals surface area contributed by atoms with E-state index in [1.165, 1.54) is 5.56 Å². The zero-order chi connectivity index (χ0) is 21.8. The lowest BCUT2D eigenvalue weighted by Crippen LogP contribution is -2.02. The highest BCUT2D eigenvalue weighted by molar-refractivity contribution is 5.72. The van der Waals surface area contributed by atoms with Gasteiger partial charge in [-0.25, -0.2) is 4.98 Å². The predicted octanol–water partition coefficient (Wildman–Crippen LogP) is 4.02. The first-order valence-corrected chi connectivity index (χ1v) is 9.93. The van der Waals surface area contributed by atoms with E-state index in [1.807, 2.05) is 38.2 Å². The molecule has 7 heteroatoms. The van der Waals surface area contributed by atoms with E-state index in [0.717, 1.165) is 23.2 Å². The first-order valence-electron chi connectivity index (χ1n) is 9.93. The quantitative estimate of drug-likeness (QED) is 0.515. The lowest BCUT2D eigenvalue weighted by atomic mass is 10.0. The maximum Gasteiger partial charge on any atom is 0.223 e. The zero-order valence-corrected chi connectivity index (χ0v) is 17.4. The number of nitriles is 1. The van der Waals surface area contributed by atoms with Gasteiger partial charge in [0.2, 0.25) is 5.88 Å². The Bertz CT molecular complexity index is 1250. The van der Waals surface area contributed by atoms with Gasteiger partial charge in [0.05, 0.1) is 23.0 Å². The summed E-state index contributed by atoms with van der Waals surface area (Å²) in [6.07, 6.45) is 2.55. The van der Waals surface area contributed by atoms with Crippen molar-refractivity contribution in [3.63, 3.8) is 0 Å². The summed E-state index contributed by atoms with van der Waals surface area (Å²) >= 11 is 0. The minimum atomic E-state index is 0.403. The van der Waals surface area contributed by atoms with E-state index in [2.05, 4.69) is 33.3 Å². The van der Waals surface area contributed by atoms with E-state index in [1.54, 1.807) is 29.1 Å². The molecule has 0 aliphatic carbocycles. The third-order valence-electron chi connectivity index (χ3n) is 4.92. The van der Waals surface area contributed by atoms with Crippen molar-refractivity contribution >= 4 is 0 Å². The van der Waals surface area contributed by atoms with Crippen LogP contribution in [0.3, 0.4) is 0 Å². The van der Waals surface area contributed by atoms with E-state index >= 15 is 0 Å². The van der Waals surface area contributed by atoms with Gasteiger partial charge in [-0.3, -0.25) is 4.68 Å². The summed E-state index contributed by atoms with van der Waals surface area (Å²) in [4.78, 5) is 8.94. The lowest BCUT2D eigenvalue weighted by molar-refractivity contribution is 0.461. The Kier molecular flexibility index (Phi) is 5.74. The van der Waals surface area contributed by atoms with Crippen LogP contribution in [0.5, 0.6) is 11.6 Å². The average molecular weight is 410 g/mol. The topological polar surface area (TPSA) is 103 Å². The van der Waals surface area contributed by atoms with Crippen LogP contribution >= 0.6 is 0 Å². The summed E-state index contributed by atoms with van der Waals surface area (Å²) in [5.41, 5.74) is 10.8. The third-order valence-corrected chi connectivity index (χ3v) is 4.92. The van der Waals surface area contributed by atoms with Gasteiger partial charge in [-0.05, 0) is 55.3 Å². The Hall–Kier alpha value is -4.02. The van der Waals surface area contributed by atoms with Gasteiger partial charge in [-0.1, -0.05) is 24.3 Å². The third kappa shape index (κ3) is 4.44. The molecule has 0 radical (unpaired) electrons. The summed E-state index contributed by atoms with van der Waals surface area (Å²) in [5.74, 6) is 1.54. The summed E-state index contributed by atoms with van der Waals surface area (Å²) in [6.45, 7) is 2.42. The van der Waals surface area contributed by atoms with Crippen molar-refractivity contribution in [3.8, 4) is 40.2 Å². The van der Waals surface area contributed by atoms with Gasteiger partial charge in [0, 0.05) is 24.9 Å². The van der Waals surface area contributed by atoms with Crippen LogP contribution in [-0.4, -0.2) is 26.3 Å². The molecule has 2 aromatic carbocycles. The monoisotopic (exact) mass is 410 g/mol. The smallest absolute Gasteiger partial charge is 0.223 e. The number of ether oxygens (including phenoxy) is 1. The van der Waals surface area contributed by atoms with Gasteiger partial charge in [0.1, 0.15) is 11.6 Å². The largest absolute Gasteiger partial charge is 0.438 e. The fraction of sp³-hybridized carbons (Fsp3) is 0.167. The van der Waals surface area contributed by atoms with Crippen molar-refractivity contribution in [1.82, 2.24) is 19.7 Å². The second-order valence-corrected chi connectivity index (χ2v) is 7.14. The molecular formula is C24H22N6O. The molecule has 2 heterocycles. The van der Waals surface area contributed by atoms with E-state index in [4.69, 9.17) is 10.5 Å². The van der Waals surface area contributed by atoms with Crippen LogP contribution < -0.4 is 10.5 Å². The Morgan fingerprint density at radius 2 is 1.87 bits per heavy atom. The first-order chi connectivity index (χ1) is 15.1. The van der Waals surface area contributed by atoms with Crippen molar-refractivity contribution in [2.75, 3.05) is 6.54 Å². The fourth-order valence-corrected chi connectivity index (χ4v) is 3.39. The SMILES string of the molecule is Cc1nc(Oc2cc(C#N)ccc2-c2ccc(CCN)cc2)cc(-c2ccnn2C)n1. The highest BCUT2D eigenvalue weighted by Gasteiger charge is 2.13. The molecule has 31 heavy (non-hydrogen) atoms. The highest BCUT2D eigenvalue weighted by Crippen LogP contribution is 2.34. The minimum absolute atomic E-state index is 0.403. The highest BCUT2D eigenvalue weighted by atomic mass is 16.5. The van der Waals surface area contributed by atoms with Crippen LogP contribution in [0.2, 0.25) is 0 Å². The molecule has 0 atom stereocenters. The molecular weight excluding hydrogens is 388 g/mol. The molecule has 0 amide bonds. The fourth-order valence-electron chi connectivity index (χ4n) is 3.39. The number of hydrogen-bond donors (Lipinski definition) is 1. The Morgan fingerprint density at radius 1 is 1.06 bits per heavy atom. The average Bonchev–Trinajstić information content (AvgIpc) is 3.20. The standard InChI is InChI=1S/C24H22N6O/c1-16-28-21(22-10-12-27-30(22)2)14-24(29-16)31-23-13-18(15-26)5-8-20(23)19-6-3-17(4-7-19)9-11-25/h3-8,10,12-14H,9,11,25H2,1-2H3. The van der Waals surface area contributed by atoms with Crippen LogP contribution in [0.1, 0.15) is 17.0 Å². The maximum absolute atomic E-state index is 9.38. The van der Waals surface area contributed by atoms with Crippen molar-refractivity contribution in [3.05, 3.63) is 77.7 Å². The second-order valence-electron chi connectivity index (χ2n) is 7.14. The molecule has 7 nitrogen and oxygen atoms in total. The van der Waals surface area contributed by atoms with Gasteiger partial charge < -0.3 is 10.5 Å². The van der Waals surface area contributed by atoms with Gasteiger partial charge in [-0.2, -0.15) is 15.3 Å². The summed E-state index contributed by atoms with van der Waals surface area (Å²) in [7, 11) is 1.86. The molecule has 0 unspecified atom stereocenters. The van der Waals surface area contributed by atoms with Crippen molar-refractivity contribution in [2.45, 2.75) is 13.3 Å². The van der Waals surface area contributed by atoms with E-state index in [0.29, 0.717) is 35.3 Å². The van der Waals surface area contributed by atoms with Crippen LogP contribution in [-0.2, 0) is 13.5 Å². The minimum Gasteiger partial charge on any atom is -0.438 e. The Morgan fingerprint density at radius 3 is 2.55 bits per heavy atom. The number of nitrogens with two attached hydrogens (primary N) is 1. The Balaban J connectivity index is 1.74. The molecule has 4 rings (SSSR count). The molecule has 2 N–H and O–H groups in total. The summed E-state index contributed by atoms with van der Waals surface area (Å²) in [5, 5.41) is 13.6. The zero-order valence-electron chi connectivity index (χ0n) is 17.4. The van der Waals surface area contributed by atoms with Crippen molar-refractivity contribution < 1.29 is 4.74 Å². The van der Waals surface area contributed by atoms with Gasteiger partial charge in [-0.15, -0.1) is 0 Å². The molecule has 2 aromatic heterocycles. The molecule has 0 saturated carbocycles. The van der Waals surface area contributed by atoms with Crippen molar-refractivity contribution in [1.29, 1.82) is 5.26 Å².